The van der Waals surface area contributed by atoms with Crippen LogP contribution in [0.2, 0.25) is 0 Å². The average Bonchev–Trinajstić information content (AvgIpc) is 2.56. The molecule has 0 radical (unpaired) electrons. The minimum atomic E-state index is -0.827. The zero-order valence-electron chi connectivity index (χ0n) is 13.1. The Morgan fingerprint density at radius 2 is 1.83 bits per heavy atom. The van der Waals surface area contributed by atoms with Gasteiger partial charge < -0.3 is 0 Å². The Labute approximate surface area is 134 Å². The van der Waals surface area contributed by atoms with E-state index in [1.165, 1.54) is 0 Å². The fourth-order valence-electron chi connectivity index (χ4n) is 3.08. The van der Waals surface area contributed by atoms with Crippen LogP contribution in [-0.4, -0.2) is 0 Å². The van der Waals surface area contributed by atoms with Gasteiger partial charge in [-0.2, -0.15) is 0 Å². The van der Waals surface area contributed by atoms with Crippen molar-refractivity contribution >= 4 is 5.57 Å². The van der Waals surface area contributed by atoms with Crippen LogP contribution in [0.5, 0.6) is 0 Å². The predicted molar refractivity (Wildman–Crippen MR) is 86.8 cm³/mol. The van der Waals surface area contributed by atoms with Gasteiger partial charge in [0.25, 0.3) is 0 Å². The molecule has 1 aliphatic rings. The molecule has 0 bridgehead atoms. The van der Waals surface area contributed by atoms with Gasteiger partial charge in [-0.1, -0.05) is 37.6 Å². The number of hydrogen-bond donors (Lipinski definition) is 0. The number of hydrogen-bond acceptors (Lipinski definition) is 0. The summed E-state index contributed by atoms with van der Waals surface area (Å²) in [6.45, 7) is 2.11. The molecule has 0 aromatic heterocycles. The number of aryl methyl sites for hydroxylation is 1. The maximum Gasteiger partial charge on any atom is 0.162 e. The van der Waals surface area contributed by atoms with E-state index in [9.17, 15) is 13.2 Å². The Morgan fingerprint density at radius 1 is 1.00 bits per heavy atom. The van der Waals surface area contributed by atoms with Crippen molar-refractivity contribution in [2.24, 2.45) is 0 Å². The van der Waals surface area contributed by atoms with Crippen molar-refractivity contribution in [3.63, 3.8) is 0 Å². The molecule has 1 aliphatic carbocycles. The fourth-order valence-corrected chi connectivity index (χ4v) is 3.08. The minimum Gasteiger partial charge on any atom is -0.206 e. The van der Waals surface area contributed by atoms with Crippen LogP contribution in [0.1, 0.15) is 42.0 Å². The van der Waals surface area contributed by atoms with Gasteiger partial charge in [0, 0.05) is 5.56 Å². The third-order valence-corrected chi connectivity index (χ3v) is 4.43. The lowest BCUT2D eigenvalue weighted by Crippen LogP contribution is -2.07. The molecule has 3 rings (SSSR count). The zero-order valence-corrected chi connectivity index (χ0v) is 13.1. The topological polar surface area (TPSA) is 0 Å². The number of allylic oxidation sites excluding steroid dienone is 2. The van der Waals surface area contributed by atoms with Crippen LogP contribution in [0.25, 0.3) is 5.57 Å². The smallest absolute Gasteiger partial charge is 0.162 e. The van der Waals surface area contributed by atoms with Gasteiger partial charge in [-0.25, -0.2) is 13.2 Å². The van der Waals surface area contributed by atoms with Crippen LogP contribution in [-0.2, 0) is 19.3 Å². The molecule has 0 heterocycles. The van der Waals surface area contributed by atoms with Gasteiger partial charge in [0.15, 0.2) is 11.6 Å². The van der Waals surface area contributed by atoms with Crippen molar-refractivity contribution in [1.29, 1.82) is 0 Å². The summed E-state index contributed by atoms with van der Waals surface area (Å²) in [5.41, 5.74) is 3.51. The number of benzene rings is 2. The van der Waals surface area contributed by atoms with Crippen LogP contribution in [0.4, 0.5) is 13.2 Å². The summed E-state index contributed by atoms with van der Waals surface area (Å²) in [7, 11) is 0. The van der Waals surface area contributed by atoms with E-state index in [1.54, 1.807) is 24.3 Å². The highest BCUT2D eigenvalue weighted by molar-refractivity contribution is 5.71. The van der Waals surface area contributed by atoms with Crippen LogP contribution in [0.3, 0.4) is 0 Å². The normalized spacial score (nSPS) is 13.7. The van der Waals surface area contributed by atoms with Gasteiger partial charge in [-0.05, 0) is 60.1 Å². The van der Waals surface area contributed by atoms with E-state index in [0.29, 0.717) is 24.0 Å². The van der Waals surface area contributed by atoms with Crippen LogP contribution in [0, 0.1) is 17.5 Å². The Kier molecular flexibility index (Phi) is 4.56. The van der Waals surface area contributed by atoms with Crippen molar-refractivity contribution in [2.45, 2.75) is 39.0 Å². The summed E-state index contributed by atoms with van der Waals surface area (Å²) in [4.78, 5) is 0. The van der Waals surface area contributed by atoms with Crippen LogP contribution >= 0.6 is 0 Å². The lowest BCUT2D eigenvalue weighted by Gasteiger charge is -2.19. The van der Waals surface area contributed by atoms with E-state index in [-0.39, 0.29) is 5.82 Å². The highest BCUT2D eigenvalue weighted by Crippen LogP contribution is 2.31. The van der Waals surface area contributed by atoms with Crippen LogP contribution in [0.15, 0.2) is 36.4 Å². The van der Waals surface area contributed by atoms with E-state index in [4.69, 9.17) is 0 Å². The molecule has 0 N–H and O–H groups in total. The first kappa shape index (κ1) is 15.9. The van der Waals surface area contributed by atoms with Gasteiger partial charge in [0.2, 0.25) is 0 Å². The number of unbranched alkanes of at least 4 members (excludes halogenated alkanes) is 1. The van der Waals surface area contributed by atoms with E-state index in [0.717, 1.165) is 42.0 Å². The number of rotatable bonds is 4. The maximum absolute atomic E-state index is 14.4. The SMILES string of the molecule is CCCCc1ccc(C2=CCc3c(ccc(F)c3F)C2)c(F)c1. The first-order valence-corrected chi connectivity index (χ1v) is 8.03. The molecule has 0 atom stereocenters. The third kappa shape index (κ3) is 3.19. The molecule has 0 aliphatic heterocycles. The van der Waals surface area contributed by atoms with Gasteiger partial charge >= 0.3 is 0 Å². The first-order valence-electron chi connectivity index (χ1n) is 8.03. The summed E-state index contributed by atoms with van der Waals surface area (Å²) in [6, 6.07) is 8.08. The van der Waals surface area contributed by atoms with Crippen molar-refractivity contribution in [2.75, 3.05) is 0 Å². The van der Waals surface area contributed by atoms with Crippen molar-refractivity contribution in [3.05, 3.63) is 76.1 Å². The van der Waals surface area contributed by atoms with Crippen LogP contribution < -0.4 is 0 Å². The Bertz CT molecular complexity index is 760. The number of halogens is 3. The molecule has 0 spiro atoms. The zero-order chi connectivity index (χ0) is 16.4. The van der Waals surface area contributed by atoms with Crippen molar-refractivity contribution in [1.82, 2.24) is 0 Å². The standard InChI is InChI=1S/C20H19F3/c1-2-3-4-13-5-8-16(19(22)11-13)14-6-9-17-15(12-14)7-10-18(21)20(17)23/h5-8,10-11H,2-4,9,12H2,1H3. The molecule has 120 valence electrons. The van der Waals surface area contributed by atoms with Gasteiger partial charge in [-0.15, -0.1) is 0 Å². The van der Waals surface area contributed by atoms with E-state index in [2.05, 4.69) is 6.92 Å². The fraction of sp³-hybridized carbons (Fsp3) is 0.300. The molecule has 2 aromatic carbocycles. The maximum atomic E-state index is 14.4. The quantitative estimate of drug-likeness (QED) is 0.686. The van der Waals surface area contributed by atoms with Gasteiger partial charge in [-0.3, -0.25) is 0 Å². The number of fused-ring (bicyclic) bond motifs is 1. The summed E-state index contributed by atoms with van der Waals surface area (Å²) in [6.07, 6.45) is 5.52. The first-order chi connectivity index (χ1) is 11.1. The molecule has 2 aromatic rings. The summed E-state index contributed by atoms with van der Waals surface area (Å²) >= 11 is 0. The molecule has 0 saturated carbocycles. The monoisotopic (exact) mass is 316 g/mol. The largest absolute Gasteiger partial charge is 0.206 e. The molecule has 0 amide bonds. The van der Waals surface area contributed by atoms with E-state index in [1.807, 2.05) is 6.07 Å². The molecule has 0 nitrogen and oxygen atoms in total. The Morgan fingerprint density at radius 3 is 2.57 bits per heavy atom. The average molecular weight is 316 g/mol. The molecular weight excluding hydrogens is 297 g/mol. The van der Waals surface area contributed by atoms with Crippen molar-refractivity contribution in [3.8, 4) is 0 Å². The molecule has 0 unspecified atom stereocenters. The highest BCUT2D eigenvalue weighted by Gasteiger charge is 2.19. The summed E-state index contributed by atoms with van der Waals surface area (Å²) in [5.74, 6) is -1.85. The van der Waals surface area contributed by atoms with E-state index >= 15 is 0 Å². The lowest BCUT2D eigenvalue weighted by atomic mass is 9.87. The third-order valence-electron chi connectivity index (χ3n) is 4.43. The second-order valence-electron chi connectivity index (χ2n) is 6.03. The predicted octanol–water partition coefficient (Wildman–Crippen LogP) is 5.63. The lowest BCUT2D eigenvalue weighted by molar-refractivity contribution is 0.499. The van der Waals surface area contributed by atoms with Gasteiger partial charge in [0.1, 0.15) is 5.82 Å². The summed E-state index contributed by atoms with van der Waals surface area (Å²) in [5, 5.41) is 0. The van der Waals surface area contributed by atoms with Gasteiger partial charge in [0.05, 0.1) is 0 Å². The Hall–Kier alpha value is -2.03. The molecule has 0 fully saturated rings. The summed E-state index contributed by atoms with van der Waals surface area (Å²) < 4.78 is 41.5. The molecule has 3 heteroatoms. The Balaban J connectivity index is 1.87. The second kappa shape index (κ2) is 6.61. The molecule has 23 heavy (non-hydrogen) atoms. The second-order valence-corrected chi connectivity index (χ2v) is 6.03. The molecular formula is C20H19F3. The molecule has 0 saturated heterocycles. The van der Waals surface area contributed by atoms with Crippen molar-refractivity contribution < 1.29 is 13.2 Å². The highest BCUT2D eigenvalue weighted by atomic mass is 19.2. The van der Waals surface area contributed by atoms with E-state index < -0.39 is 11.6 Å². The minimum absolute atomic E-state index is 0.240.